The van der Waals surface area contributed by atoms with Crippen LogP contribution >= 0.6 is 0 Å². The lowest BCUT2D eigenvalue weighted by Gasteiger charge is -2.57. The number of hydrogen-bond donors (Lipinski definition) is 2. The molecule has 0 amide bonds. The van der Waals surface area contributed by atoms with E-state index in [1.165, 1.54) is 31.3 Å². The van der Waals surface area contributed by atoms with Crippen molar-refractivity contribution in [3.8, 4) is 11.5 Å². The Morgan fingerprint density at radius 2 is 1.87 bits per heavy atom. The molecule has 0 spiro atoms. The van der Waals surface area contributed by atoms with Crippen LogP contribution in [-0.4, -0.2) is 10.2 Å². The molecule has 0 saturated heterocycles. The van der Waals surface area contributed by atoms with E-state index in [-0.39, 0.29) is 11.2 Å². The molecule has 126 valence electrons. The molecule has 3 atom stereocenters. The minimum absolute atomic E-state index is 0.237. The lowest BCUT2D eigenvalue weighted by molar-refractivity contribution is -0.0369. The van der Waals surface area contributed by atoms with Crippen LogP contribution in [0.25, 0.3) is 0 Å². The molecule has 2 N–H and O–H groups in total. The summed E-state index contributed by atoms with van der Waals surface area (Å²) >= 11 is 0. The largest absolute Gasteiger partial charge is 0.508 e. The van der Waals surface area contributed by atoms with E-state index in [0.717, 1.165) is 12.0 Å². The number of benzene rings is 1. The van der Waals surface area contributed by atoms with Crippen LogP contribution in [0.2, 0.25) is 0 Å². The number of rotatable bonds is 2. The maximum absolute atomic E-state index is 10.2. The van der Waals surface area contributed by atoms with Gasteiger partial charge in [0.25, 0.3) is 0 Å². The van der Waals surface area contributed by atoms with E-state index in [4.69, 9.17) is 0 Å². The molecule has 1 fully saturated rings. The Kier molecular flexibility index (Phi) is 3.98. The molecule has 1 aromatic carbocycles. The van der Waals surface area contributed by atoms with Gasteiger partial charge in [-0.25, -0.2) is 0 Å². The minimum atomic E-state index is 0.237. The van der Waals surface area contributed by atoms with Crippen LogP contribution in [0.4, 0.5) is 0 Å². The summed E-state index contributed by atoms with van der Waals surface area (Å²) in [7, 11) is 0. The van der Waals surface area contributed by atoms with Gasteiger partial charge in [-0.3, -0.25) is 0 Å². The van der Waals surface area contributed by atoms with Gasteiger partial charge in [0.1, 0.15) is 11.5 Å². The van der Waals surface area contributed by atoms with Crippen LogP contribution < -0.4 is 0 Å². The molecule has 0 radical (unpaired) electrons. The Labute approximate surface area is 140 Å². The molecule has 0 aromatic heterocycles. The molecule has 2 nitrogen and oxygen atoms in total. The van der Waals surface area contributed by atoms with Gasteiger partial charge in [-0.2, -0.15) is 0 Å². The van der Waals surface area contributed by atoms with Crippen LogP contribution in [0.3, 0.4) is 0 Å². The van der Waals surface area contributed by atoms with Gasteiger partial charge < -0.3 is 10.2 Å². The summed E-state index contributed by atoms with van der Waals surface area (Å²) in [6.45, 7) is 9.55. The predicted molar refractivity (Wildman–Crippen MR) is 94.6 cm³/mol. The highest BCUT2D eigenvalue weighted by Crippen LogP contribution is 2.60. The van der Waals surface area contributed by atoms with E-state index < -0.39 is 0 Å². The van der Waals surface area contributed by atoms with Crippen molar-refractivity contribution in [3.05, 3.63) is 35.4 Å². The molecule has 2 aliphatic carbocycles. The van der Waals surface area contributed by atoms with Gasteiger partial charge in [0.2, 0.25) is 0 Å². The van der Waals surface area contributed by atoms with E-state index in [2.05, 4.69) is 33.8 Å². The highest BCUT2D eigenvalue weighted by atomic mass is 16.3. The Hall–Kier alpha value is -1.44. The van der Waals surface area contributed by atoms with E-state index in [1.54, 1.807) is 18.2 Å². The summed E-state index contributed by atoms with van der Waals surface area (Å²) in [4.78, 5) is 0. The number of hydrogen-bond acceptors (Lipinski definition) is 2. The van der Waals surface area contributed by atoms with E-state index in [0.29, 0.717) is 23.0 Å². The average molecular weight is 314 g/mol. The van der Waals surface area contributed by atoms with Crippen molar-refractivity contribution < 1.29 is 10.2 Å². The van der Waals surface area contributed by atoms with Crippen molar-refractivity contribution in [2.45, 2.75) is 59.8 Å². The first-order valence-electron chi connectivity index (χ1n) is 8.91. The van der Waals surface area contributed by atoms with Crippen LogP contribution in [-0.2, 0) is 6.42 Å². The van der Waals surface area contributed by atoms with Crippen LogP contribution in [0.1, 0.15) is 58.9 Å². The highest BCUT2D eigenvalue weighted by molar-refractivity contribution is 5.40. The number of phenols is 2. The number of allylic oxidation sites excluding steroid dienone is 2. The Morgan fingerprint density at radius 1 is 1.13 bits per heavy atom. The molecular formula is C21H30O2. The zero-order valence-corrected chi connectivity index (χ0v) is 14.9. The van der Waals surface area contributed by atoms with Gasteiger partial charge in [-0.15, -0.1) is 0 Å². The summed E-state index contributed by atoms with van der Waals surface area (Å²) in [5.74, 6) is 1.67. The van der Waals surface area contributed by atoms with Crippen LogP contribution in [0, 0.1) is 22.7 Å². The second-order valence-corrected chi connectivity index (χ2v) is 8.65. The summed E-state index contributed by atoms with van der Waals surface area (Å²) in [6, 6.07) is 4.89. The third kappa shape index (κ3) is 2.77. The van der Waals surface area contributed by atoms with Gasteiger partial charge in [0, 0.05) is 0 Å². The molecule has 0 bridgehead atoms. The molecule has 1 aromatic rings. The summed E-state index contributed by atoms with van der Waals surface area (Å²) in [5, 5.41) is 20.0. The fraction of sp³-hybridized carbons (Fsp3) is 0.619. The molecule has 2 heteroatoms. The first-order valence-corrected chi connectivity index (χ1v) is 8.91. The van der Waals surface area contributed by atoms with Crippen molar-refractivity contribution in [2.75, 3.05) is 0 Å². The normalized spacial score (nSPS) is 33.0. The maximum Gasteiger partial charge on any atom is 0.119 e. The topological polar surface area (TPSA) is 40.5 Å². The van der Waals surface area contributed by atoms with Crippen molar-refractivity contribution in [3.63, 3.8) is 0 Å². The molecule has 1 saturated carbocycles. The van der Waals surface area contributed by atoms with Crippen molar-refractivity contribution in [1.82, 2.24) is 0 Å². The number of fused-ring (bicyclic) bond motifs is 1. The second kappa shape index (κ2) is 5.58. The Morgan fingerprint density at radius 3 is 2.61 bits per heavy atom. The summed E-state index contributed by atoms with van der Waals surface area (Å²) < 4.78 is 0. The fourth-order valence-corrected chi connectivity index (χ4v) is 5.49. The lowest BCUT2D eigenvalue weighted by Crippen LogP contribution is -2.49. The average Bonchev–Trinajstić information content (AvgIpc) is 2.45. The first-order chi connectivity index (χ1) is 10.7. The Balaban J connectivity index is 1.98. The molecule has 0 heterocycles. The minimum Gasteiger partial charge on any atom is -0.508 e. The zero-order chi connectivity index (χ0) is 16.8. The van der Waals surface area contributed by atoms with Gasteiger partial charge in [0.05, 0.1) is 0 Å². The molecule has 0 aliphatic heterocycles. The van der Waals surface area contributed by atoms with Gasteiger partial charge in [0.15, 0.2) is 0 Å². The zero-order valence-electron chi connectivity index (χ0n) is 14.9. The third-order valence-corrected chi connectivity index (χ3v) is 6.78. The third-order valence-electron chi connectivity index (χ3n) is 6.78. The fourth-order valence-electron chi connectivity index (χ4n) is 5.49. The van der Waals surface area contributed by atoms with Gasteiger partial charge in [-0.05, 0) is 79.0 Å². The first kappa shape index (κ1) is 16.4. The van der Waals surface area contributed by atoms with Crippen molar-refractivity contribution in [2.24, 2.45) is 22.7 Å². The predicted octanol–water partition coefficient (Wildman–Crippen LogP) is 5.44. The molecule has 2 aliphatic rings. The standard InChI is InChI=1S/C21H30O2/c1-14-6-9-19-20(2,3)10-5-11-21(19,4)17(14)13-15-12-16(22)7-8-18(15)23/h6-8,12,17,19,22-23H,5,9-11,13H2,1-4H3. The molecule has 3 rings (SSSR count). The van der Waals surface area contributed by atoms with E-state index >= 15 is 0 Å². The summed E-state index contributed by atoms with van der Waals surface area (Å²) in [6.07, 6.45) is 8.27. The van der Waals surface area contributed by atoms with Crippen molar-refractivity contribution >= 4 is 0 Å². The van der Waals surface area contributed by atoms with Crippen LogP contribution in [0.5, 0.6) is 11.5 Å². The SMILES string of the molecule is CC1=CCC2C(C)(C)CCCC2(C)C1Cc1cc(O)ccc1O. The molecular weight excluding hydrogens is 284 g/mol. The quantitative estimate of drug-likeness (QED) is 0.564. The van der Waals surface area contributed by atoms with E-state index in [1.807, 2.05) is 0 Å². The Bertz CT molecular complexity index is 629. The van der Waals surface area contributed by atoms with Crippen molar-refractivity contribution in [1.29, 1.82) is 0 Å². The van der Waals surface area contributed by atoms with Crippen LogP contribution in [0.15, 0.2) is 29.8 Å². The number of aromatic hydroxyl groups is 2. The second-order valence-electron chi connectivity index (χ2n) is 8.65. The van der Waals surface area contributed by atoms with Gasteiger partial charge >= 0.3 is 0 Å². The molecule has 23 heavy (non-hydrogen) atoms. The van der Waals surface area contributed by atoms with E-state index in [9.17, 15) is 10.2 Å². The maximum atomic E-state index is 10.2. The van der Waals surface area contributed by atoms with Gasteiger partial charge in [-0.1, -0.05) is 38.8 Å². The molecule has 3 unspecified atom stereocenters. The smallest absolute Gasteiger partial charge is 0.119 e. The monoisotopic (exact) mass is 314 g/mol. The number of phenolic OH excluding ortho intramolecular Hbond substituents is 2. The lowest BCUT2D eigenvalue weighted by atomic mass is 9.48. The highest BCUT2D eigenvalue weighted by Gasteiger charge is 2.51. The summed E-state index contributed by atoms with van der Waals surface area (Å²) in [5.41, 5.74) is 2.97.